The van der Waals surface area contributed by atoms with Crippen LogP contribution in [-0.2, 0) is 6.61 Å². The quantitative estimate of drug-likeness (QED) is 0.792. The molecule has 2 aromatic carbocycles. The number of hydrogen-bond acceptors (Lipinski definition) is 1. The molecule has 0 aliphatic carbocycles. The molecule has 0 bridgehead atoms. The van der Waals surface area contributed by atoms with Crippen LogP contribution >= 0.6 is 15.9 Å². The van der Waals surface area contributed by atoms with E-state index in [9.17, 15) is 4.39 Å². The Morgan fingerprint density at radius 1 is 1.17 bits per heavy atom. The zero-order valence-corrected chi connectivity index (χ0v) is 11.9. The summed E-state index contributed by atoms with van der Waals surface area (Å²) in [5.41, 5.74) is 3.27. The summed E-state index contributed by atoms with van der Waals surface area (Å²) in [6.07, 6.45) is 0. The molecule has 0 amide bonds. The first-order chi connectivity index (χ1) is 8.58. The number of benzene rings is 2. The third kappa shape index (κ3) is 2.91. The molecule has 0 spiro atoms. The average molecular weight is 309 g/mol. The summed E-state index contributed by atoms with van der Waals surface area (Å²) in [4.78, 5) is 0. The topological polar surface area (TPSA) is 9.23 Å². The standard InChI is InChI=1S/C15H14BrFO/c1-10-4-3-5-15(11(10)2)18-9-12-6-7-14(17)13(16)8-12/h3-8H,9H2,1-2H3. The van der Waals surface area contributed by atoms with E-state index in [0.717, 1.165) is 16.9 Å². The molecule has 0 aromatic heterocycles. The van der Waals surface area contributed by atoms with E-state index in [1.807, 2.05) is 19.1 Å². The van der Waals surface area contributed by atoms with Gasteiger partial charge in [0.25, 0.3) is 0 Å². The molecule has 0 radical (unpaired) electrons. The van der Waals surface area contributed by atoms with Gasteiger partial charge in [0, 0.05) is 0 Å². The van der Waals surface area contributed by atoms with Crippen molar-refractivity contribution in [3.63, 3.8) is 0 Å². The van der Waals surface area contributed by atoms with Gasteiger partial charge < -0.3 is 4.74 Å². The Hall–Kier alpha value is -1.35. The molecular weight excluding hydrogens is 295 g/mol. The van der Waals surface area contributed by atoms with Gasteiger partial charge in [-0.2, -0.15) is 0 Å². The minimum atomic E-state index is -0.259. The maximum atomic E-state index is 13.1. The summed E-state index contributed by atoms with van der Waals surface area (Å²) in [7, 11) is 0. The Labute approximate surface area is 115 Å². The first kappa shape index (κ1) is 13.1. The Balaban J connectivity index is 2.11. The molecule has 0 aliphatic rings. The monoisotopic (exact) mass is 308 g/mol. The van der Waals surface area contributed by atoms with E-state index in [1.165, 1.54) is 11.6 Å². The van der Waals surface area contributed by atoms with Crippen LogP contribution in [0.25, 0.3) is 0 Å². The molecule has 18 heavy (non-hydrogen) atoms. The van der Waals surface area contributed by atoms with Gasteiger partial charge in [0.2, 0.25) is 0 Å². The second-order valence-electron chi connectivity index (χ2n) is 4.24. The van der Waals surface area contributed by atoms with Crippen LogP contribution in [0.2, 0.25) is 0 Å². The van der Waals surface area contributed by atoms with Crippen molar-refractivity contribution in [3.05, 3.63) is 63.4 Å². The lowest BCUT2D eigenvalue weighted by Crippen LogP contribution is -1.98. The summed E-state index contributed by atoms with van der Waals surface area (Å²) in [5, 5.41) is 0. The van der Waals surface area contributed by atoms with Gasteiger partial charge in [-0.05, 0) is 64.7 Å². The van der Waals surface area contributed by atoms with Crippen LogP contribution in [0.5, 0.6) is 5.75 Å². The van der Waals surface area contributed by atoms with Gasteiger partial charge in [-0.15, -0.1) is 0 Å². The van der Waals surface area contributed by atoms with Crippen molar-refractivity contribution in [2.45, 2.75) is 20.5 Å². The van der Waals surface area contributed by atoms with E-state index in [2.05, 4.69) is 28.9 Å². The lowest BCUT2D eigenvalue weighted by Gasteiger charge is -2.11. The summed E-state index contributed by atoms with van der Waals surface area (Å²) in [5.74, 6) is 0.612. The van der Waals surface area contributed by atoms with Crippen molar-refractivity contribution < 1.29 is 9.13 Å². The van der Waals surface area contributed by atoms with E-state index < -0.39 is 0 Å². The molecule has 2 aromatic rings. The first-order valence-corrected chi connectivity index (χ1v) is 6.50. The van der Waals surface area contributed by atoms with Crippen LogP contribution < -0.4 is 4.74 Å². The fraction of sp³-hybridized carbons (Fsp3) is 0.200. The Morgan fingerprint density at radius 3 is 2.67 bits per heavy atom. The van der Waals surface area contributed by atoms with Crippen molar-refractivity contribution in [2.24, 2.45) is 0 Å². The molecular formula is C15H14BrFO. The maximum Gasteiger partial charge on any atom is 0.137 e. The predicted octanol–water partition coefficient (Wildman–Crippen LogP) is 4.78. The summed E-state index contributed by atoms with van der Waals surface area (Å²) in [6, 6.07) is 10.9. The van der Waals surface area contributed by atoms with Crippen LogP contribution in [0.15, 0.2) is 40.9 Å². The van der Waals surface area contributed by atoms with Crippen molar-refractivity contribution >= 4 is 15.9 Å². The SMILES string of the molecule is Cc1cccc(OCc2ccc(F)c(Br)c2)c1C. The maximum absolute atomic E-state index is 13.1. The highest BCUT2D eigenvalue weighted by Gasteiger charge is 2.04. The molecule has 0 N–H and O–H groups in total. The lowest BCUT2D eigenvalue weighted by atomic mass is 10.1. The number of rotatable bonds is 3. The fourth-order valence-electron chi connectivity index (χ4n) is 1.67. The highest BCUT2D eigenvalue weighted by atomic mass is 79.9. The van der Waals surface area contributed by atoms with Gasteiger partial charge in [0.15, 0.2) is 0 Å². The molecule has 0 aliphatic heterocycles. The highest BCUT2D eigenvalue weighted by molar-refractivity contribution is 9.10. The zero-order valence-electron chi connectivity index (χ0n) is 10.3. The second-order valence-corrected chi connectivity index (χ2v) is 5.09. The third-order valence-corrected chi connectivity index (χ3v) is 3.54. The molecule has 0 saturated carbocycles. The molecule has 0 atom stereocenters. The van der Waals surface area contributed by atoms with Gasteiger partial charge in [-0.1, -0.05) is 18.2 Å². The van der Waals surface area contributed by atoms with Gasteiger partial charge in [-0.25, -0.2) is 4.39 Å². The molecule has 94 valence electrons. The largest absolute Gasteiger partial charge is 0.489 e. The van der Waals surface area contributed by atoms with Gasteiger partial charge in [0.05, 0.1) is 4.47 Å². The van der Waals surface area contributed by atoms with Crippen LogP contribution in [0, 0.1) is 19.7 Å². The predicted molar refractivity (Wildman–Crippen MR) is 74.3 cm³/mol. The third-order valence-electron chi connectivity index (χ3n) is 2.93. The van der Waals surface area contributed by atoms with Crippen LogP contribution in [0.3, 0.4) is 0 Å². The summed E-state index contributed by atoms with van der Waals surface area (Å²) < 4.78 is 19.3. The van der Waals surface area contributed by atoms with Crippen LogP contribution in [0.1, 0.15) is 16.7 Å². The fourth-order valence-corrected chi connectivity index (χ4v) is 2.10. The smallest absolute Gasteiger partial charge is 0.137 e. The number of halogens is 2. The summed E-state index contributed by atoms with van der Waals surface area (Å²) >= 11 is 3.17. The van der Waals surface area contributed by atoms with E-state index in [0.29, 0.717) is 11.1 Å². The molecule has 0 unspecified atom stereocenters. The molecule has 3 heteroatoms. The van der Waals surface area contributed by atoms with Crippen molar-refractivity contribution in [3.8, 4) is 5.75 Å². The lowest BCUT2D eigenvalue weighted by molar-refractivity contribution is 0.303. The minimum absolute atomic E-state index is 0.259. The normalized spacial score (nSPS) is 10.4. The van der Waals surface area contributed by atoms with Crippen molar-refractivity contribution in [1.29, 1.82) is 0 Å². The van der Waals surface area contributed by atoms with Crippen LogP contribution in [0.4, 0.5) is 4.39 Å². The van der Waals surface area contributed by atoms with E-state index in [4.69, 9.17) is 4.74 Å². The number of ether oxygens (including phenoxy) is 1. The van der Waals surface area contributed by atoms with Crippen molar-refractivity contribution in [1.82, 2.24) is 0 Å². The molecule has 2 rings (SSSR count). The zero-order chi connectivity index (χ0) is 13.1. The van der Waals surface area contributed by atoms with Gasteiger partial charge >= 0.3 is 0 Å². The van der Waals surface area contributed by atoms with Crippen molar-refractivity contribution in [2.75, 3.05) is 0 Å². The van der Waals surface area contributed by atoms with E-state index in [1.54, 1.807) is 12.1 Å². The Kier molecular flexibility index (Phi) is 4.02. The molecule has 0 heterocycles. The van der Waals surface area contributed by atoms with Gasteiger partial charge in [0.1, 0.15) is 18.2 Å². The number of aryl methyl sites for hydroxylation is 1. The van der Waals surface area contributed by atoms with Crippen LogP contribution in [-0.4, -0.2) is 0 Å². The first-order valence-electron chi connectivity index (χ1n) is 5.71. The minimum Gasteiger partial charge on any atom is -0.489 e. The Morgan fingerprint density at radius 2 is 1.94 bits per heavy atom. The highest BCUT2D eigenvalue weighted by Crippen LogP contribution is 2.23. The Bertz CT molecular complexity index is 566. The average Bonchev–Trinajstić information content (AvgIpc) is 2.35. The summed E-state index contributed by atoms with van der Waals surface area (Å²) in [6.45, 7) is 4.52. The molecule has 0 saturated heterocycles. The van der Waals surface area contributed by atoms with Gasteiger partial charge in [-0.3, -0.25) is 0 Å². The van der Waals surface area contributed by atoms with E-state index in [-0.39, 0.29) is 5.82 Å². The number of hydrogen-bond donors (Lipinski definition) is 0. The van der Waals surface area contributed by atoms with E-state index >= 15 is 0 Å². The second kappa shape index (κ2) is 5.53. The molecule has 1 nitrogen and oxygen atoms in total. The molecule has 0 fully saturated rings.